The molecule has 106 valence electrons. The number of carbonyl (C=O) groups excluding carboxylic acids is 1. The molecule has 18 heavy (non-hydrogen) atoms. The zero-order valence-corrected chi connectivity index (χ0v) is 12.2. The molecule has 0 saturated heterocycles. The minimum Gasteiger partial charge on any atom is -0.466 e. The van der Waals surface area contributed by atoms with E-state index in [1.807, 2.05) is 20.8 Å². The van der Waals surface area contributed by atoms with Gasteiger partial charge in [-0.15, -0.1) is 0 Å². The summed E-state index contributed by atoms with van der Waals surface area (Å²) in [6.45, 7) is 7.71. The molecule has 0 aromatic rings. The number of hydrogen-bond acceptors (Lipinski definition) is 5. The van der Waals surface area contributed by atoms with E-state index in [4.69, 9.17) is 8.92 Å². The minimum atomic E-state index is -3.51. The van der Waals surface area contributed by atoms with E-state index in [1.165, 1.54) is 0 Å². The molecule has 1 aliphatic rings. The Labute approximate surface area is 109 Å². The molecule has 6 heteroatoms. The lowest BCUT2D eigenvalue weighted by atomic mass is 10.0. The fourth-order valence-corrected chi connectivity index (χ4v) is 3.26. The molecule has 1 aliphatic carbocycles. The smallest absolute Gasteiger partial charge is 0.309 e. The number of esters is 1. The van der Waals surface area contributed by atoms with Crippen LogP contribution in [0, 0.1) is 17.3 Å². The number of hydrogen-bond donors (Lipinski definition) is 0. The predicted molar refractivity (Wildman–Crippen MR) is 67.4 cm³/mol. The first-order chi connectivity index (χ1) is 8.14. The molecular weight excluding hydrogens is 256 g/mol. The van der Waals surface area contributed by atoms with Crippen molar-refractivity contribution >= 4 is 16.1 Å². The first-order valence-corrected chi connectivity index (χ1v) is 7.76. The van der Waals surface area contributed by atoms with E-state index < -0.39 is 10.1 Å². The van der Waals surface area contributed by atoms with Gasteiger partial charge >= 0.3 is 5.97 Å². The maximum atomic E-state index is 11.6. The van der Waals surface area contributed by atoms with Gasteiger partial charge in [0.1, 0.15) is 0 Å². The average molecular weight is 278 g/mol. The molecule has 5 nitrogen and oxygen atoms in total. The third-order valence-electron chi connectivity index (χ3n) is 2.58. The van der Waals surface area contributed by atoms with Gasteiger partial charge in [-0.3, -0.25) is 8.98 Å². The zero-order chi connectivity index (χ0) is 14.0. The van der Waals surface area contributed by atoms with Crippen molar-refractivity contribution < 1.29 is 22.1 Å². The quantitative estimate of drug-likeness (QED) is 0.545. The van der Waals surface area contributed by atoms with E-state index in [1.54, 1.807) is 6.92 Å². The Hall–Kier alpha value is -0.620. The fraction of sp³-hybridized carbons (Fsp3) is 0.917. The molecule has 0 radical (unpaired) electrons. The van der Waals surface area contributed by atoms with Gasteiger partial charge in [-0.05, 0) is 24.7 Å². The van der Waals surface area contributed by atoms with Crippen LogP contribution in [-0.2, 0) is 23.8 Å². The van der Waals surface area contributed by atoms with Crippen LogP contribution < -0.4 is 0 Å². The molecule has 0 spiro atoms. The van der Waals surface area contributed by atoms with Crippen LogP contribution in [0.3, 0.4) is 0 Å². The molecule has 1 saturated carbocycles. The molecule has 1 fully saturated rings. The molecule has 0 aromatic heterocycles. The van der Waals surface area contributed by atoms with Gasteiger partial charge in [-0.25, -0.2) is 0 Å². The van der Waals surface area contributed by atoms with E-state index in [0.29, 0.717) is 13.0 Å². The number of rotatable bonds is 6. The van der Waals surface area contributed by atoms with Crippen molar-refractivity contribution in [3.8, 4) is 0 Å². The number of ether oxygens (including phenoxy) is 1. The normalized spacial score (nSPS) is 23.8. The van der Waals surface area contributed by atoms with Crippen molar-refractivity contribution in [3.63, 3.8) is 0 Å². The summed E-state index contributed by atoms with van der Waals surface area (Å²) in [6, 6.07) is 0. The van der Waals surface area contributed by atoms with Crippen molar-refractivity contribution in [2.24, 2.45) is 17.3 Å². The predicted octanol–water partition coefficient (Wildman–Crippen LogP) is 1.58. The summed E-state index contributed by atoms with van der Waals surface area (Å²) in [5.41, 5.74) is -0.330. The molecule has 0 heterocycles. The third-order valence-corrected chi connectivity index (χ3v) is 4.30. The lowest BCUT2D eigenvalue weighted by Crippen LogP contribution is -2.23. The Balaban J connectivity index is 2.33. The summed E-state index contributed by atoms with van der Waals surface area (Å²) < 4.78 is 33.1. The zero-order valence-electron chi connectivity index (χ0n) is 11.4. The monoisotopic (exact) mass is 278 g/mol. The summed E-state index contributed by atoms with van der Waals surface area (Å²) in [5.74, 6) is -0.468. The van der Waals surface area contributed by atoms with Crippen LogP contribution in [0.5, 0.6) is 0 Å². The fourth-order valence-electron chi connectivity index (χ4n) is 1.73. The van der Waals surface area contributed by atoms with Gasteiger partial charge in [-0.1, -0.05) is 20.8 Å². The van der Waals surface area contributed by atoms with Gasteiger partial charge in [0.25, 0.3) is 10.1 Å². The first-order valence-electron chi connectivity index (χ1n) is 6.18. The van der Waals surface area contributed by atoms with E-state index in [-0.39, 0.29) is 35.6 Å². The molecule has 1 rings (SSSR count). The van der Waals surface area contributed by atoms with Crippen LogP contribution in [-0.4, -0.2) is 33.4 Å². The highest BCUT2D eigenvalue weighted by molar-refractivity contribution is 7.86. The summed E-state index contributed by atoms with van der Waals surface area (Å²) in [4.78, 5) is 11.3. The standard InChI is InChI=1S/C12H22O5S/c1-5-16-11(13)10-6-9(10)7-17-18(14,15)8-12(2,3)4/h9-10H,5-8H2,1-4H3/t9-,10-/m0/s1. The molecular formula is C12H22O5S. The lowest BCUT2D eigenvalue weighted by Gasteiger charge is -2.17. The van der Waals surface area contributed by atoms with Crippen molar-refractivity contribution in [3.05, 3.63) is 0 Å². The van der Waals surface area contributed by atoms with Crippen LogP contribution in [0.4, 0.5) is 0 Å². The van der Waals surface area contributed by atoms with Crippen LogP contribution in [0.25, 0.3) is 0 Å². The summed E-state index contributed by atoms with van der Waals surface area (Å²) >= 11 is 0. The topological polar surface area (TPSA) is 69.7 Å². The molecule has 0 N–H and O–H groups in total. The Morgan fingerprint density at radius 2 is 1.94 bits per heavy atom. The Morgan fingerprint density at radius 1 is 1.33 bits per heavy atom. The van der Waals surface area contributed by atoms with Gasteiger partial charge in [-0.2, -0.15) is 8.42 Å². The van der Waals surface area contributed by atoms with Gasteiger partial charge in [0.15, 0.2) is 0 Å². The molecule has 0 aliphatic heterocycles. The molecule has 2 atom stereocenters. The third kappa shape index (κ3) is 5.35. The van der Waals surface area contributed by atoms with Crippen molar-refractivity contribution in [1.82, 2.24) is 0 Å². The highest BCUT2D eigenvalue weighted by Gasteiger charge is 2.45. The van der Waals surface area contributed by atoms with Gasteiger partial charge in [0.05, 0.1) is 24.9 Å². The molecule has 0 amide bonds. The maximum Gasteiger partial charge on any atom is 0.309 e. The SMILES string of the molecule is CCOC(=O)[C@H]1C[C@H]1COS(=O)(=O)CC(C)(C)C. The Morgan fingerprint density at radius 3 is 2.44 bits per heavy atom. The largest absolute Gasteiger partial charge is 0.466 e. The first kappa shape index (κ1) is 15.4. The van der Waals surface area contributed by atoms with Crippen molar-refractivity contribution in [2.75, 3.05) is 19.0 Å². The molecule has 0 unspecified atom stereocenters. The van der Waals surface area contributed by atoms with Crippen LogP contribution >= 0.6 is 0 Å². The number of carbonyl (C=O) groups is 1. The summed E-state index contributed by atoms with van der Waals surface area (Å²) in [5, 5.41) is 0. The van der Waals surface area contributed by atoms with Gasteiger partial charge in [0, 0.05) is 0 Å². The average Bonchev–Trinajstić information content (AvgIpc) is 2.90. The second kappa shape index (κ2) is 5.57. The van der Waals surface area contributed by atoms with E-state index in [0.717, 1.165) is 0 Å². The van der Waals surface area contributed by atoms with Crippen LogP contribution in [0.15, 0.2) is 0 Å². The molecule has 0 bridgehead atoms. The summed E-state index contributed by atoms with van der Waals surface area (Å²) in [6.07, 6.45) is 0.657. The highest BCUT2D eigenvalue weighted by atomic mass is 32.2. The minimum absolute atomic E-state index is 0.0150. The maximum absolute atomic E-state index is 11.6. The van der Waals surface area contributed by atoms with Crippen LogP contribution in [0.1, 0.15) is 34.1 Å². The van der Waals surface area contributed by atoms with Crippen LogP contribution in [0.2, 0.25) is 0 Å². The second-order valence-electron chi connectivity index (χ2n) is 5.90. The van der Waals surface area contributed by atoms with Gasteiger partial charge in [0.2, 0.25) is 0 Å². The van der Waals surface area contributed by atoms with E-state index in [9.17, 15) is 13.2 Å². The van der Waals surface area contributed by atoms with Crippen molar-refractivity contribution in [2.45, 2.75) is 34.1 Å². The van der Waals surface area contributed by atoms with Crippen molar-refractivity contribution in [1.29, 1.82) is 0 Å². The van der Waals surface area contributed by atoms with E-state index in [2.05, 4.69) is 0 Å². The Kier molecular flexibility index (Phi) is 4.78. The highest BCUT2D eigenvalue weighted by Crippen LogP contribution is 2.40. The van der Waals surface area contributed by atoms with Gasteiger partial charge < -0.3 is 4.74 Å². The summed E-state index contributed by atoms with van der Waals surface area (Å²) in [7, 11) is -3.51. The molecule has 0 aromatic carbocycles. The second-order valence-corrected chi connectivity index (χ2v) is 7.54. The lowest BCUT2D eigenvalue weighted by molar-refractivity contribution is -0.145. The van der Waals surface area contributed by atoms with E-state index >= 15 is 0 Å². The Bertz CT molecular complexity index is 393.